The van der Waals surface area contributed by atoms with E-state index >= 15 is 0 Å². The fourth-order valence-electron chi connectivity index (χ4n) is 3.29. The number of quaternary nitrogens is 1. The summed E-state index contributed by atoms with van der Waals surface area (Å²) in [6, 6.07) is 10.8. The van der Waals surface area contributed by atoms with Crippen LogP contribution in [-0.4, -0.2) is 44.7 Å². The van der Waals surface area contributed by atoms with E-state index in [0.717, 1.165) is 23.3 Å². The number of esters is 2. The average Bonchev–Trinajstić information content (AvgIpc) is 3.59. The van der Waals surface area contributed by atoms with E-state index in [-0.39, 0.29) is 35.1 Å². The van der Waals surface area contributed by atoms with E-state index in [1.165, 1.54) is 44.6 Å². The van der Waals surface area contributed by atoms with Crippen LogP contribution >= 0.6 is 0 Å². The molecule has 3 rings (SSSR count). The molecule has 0 bridgehead atoms. The number of methoxy groups -OCH3 is 2. The monoisotopic (exact) mass is 415 g/mol. The topological polar surface area (TPSA) is 86.1 Å². The zero-order valence-corrected chi connectivity index (χ0v) is 16.9. The van der Waals surface area contributed by atoms with Crippen molar-refractivity contribution in [3.8, 4) is 0 Å². The second-order valence-corrected chi connectivity index (χ2v) is 7.20. The van der Waals surface area contributed by atoms with Crippen molar-refractivity contribution in [2.24, 2.45) is 0 Å². The molecule has 1 saturated carbocycles. The number of halogens is 1. The number of carbonyl (C=O) groups excluding carboxylic acids is 3. The van der Waals surface area contributed by atoms with Crippen molar-refractivity contribution >= 4 is 23.5 Å². The third kappa shape index (κ3) is 5.42. The van der Waals surface area contributed by atoms with Crippen LogP contribution in [0.1, 0.15) is 39.1 Å². The van der Waals surface area contributed by atoms with E-state index in [4.69, 9.17) is 9.47 Å². The van der Waals surface area contributed by atoms with Crippen LogP contribution in [0.3, 0.4) is 0 Å². The fraction of sp³-hybridized carbons (Fsp3) is 0.318. The Morgan fingerprint density at radius 3 is 2.30 bits per heavy atom. The first-order chi connectivity index (χ1) is 14.4. The summed E-state index contributed by atoms with van der Waals surface area (Å²) in [5.74, 6) is -1.81. The van der Waals surface area contributed by atoms with Gasteiger partial charge in [-0.3, -0.25) is 4.79 Å². The number of anilines is 1. The largest absolute Gasteiger partial charge is 0.465 e. The molecule has 0 spiro atoms. The lowest BCUT2D eigenvalue weighted by atomic mass is 10.1. The third-order valence-electron chi connectivity index (χ3n) is 5.01. The summed E-state index contributed by atoms with van der Waals surface area (Å²) in [5.41, 5.74) is 1.48. The van der Waals surface area contributed by atoms with Crippen LogP contribution in [0.2, 0.25) is 0 Å². The van der Waals surface area contributed by atoms with Crippen LogP contribution in [0.5, 0.6) is 0 Å². The maximum absolute atomic E-state index is 13.2. The third-order valence-corrected chi connectivity index (χ3v) is 5.01. The molecular weight excluding hydrogens is 391 g/mol. The van der Waals surface area contributed by atoms with Crippen LogP contribution in [-0.2, 0) is 20.8 Å². The van der Waals surface area contributed by atoms with Crippen LogP contribution in [0.4, 0.5) is 10.1 Å². The molecule has 2 aromatic carbocycles. The summed E-state index contributed by atoms with van der Waals surface area (Å²) in [4.78, 5) is 37.7. The zero-order valence-electron chi connectivity index (χ0n) is 16.9. The Morgan fingerprint density at radius 2 is 1.70 bits per heavy atom. The van der Waals surface area contributed by atoms with Crippen LogP contribution in [0, 0.1) is 5.82 Å². The van der Waals surface area contributed by atoms with Gasteiger partial charge in [0.2, 0.25) is 0 Å². The van der Waals surface area contributed by atoms with E-state index in [1.807, 2.05) is 0 Å². The number of carbonyl (C=O) groups is 3. The van der Waals surface area contributed by atoms with Gasteiger partial charge in [-0.05, 0) is 30.3 Å². The minimum Gasteiger partial charge on any atom is -0.465 e. The fourth-order valence-corrected chi connectivity index (χ4v) is 3.29. The van der Waals surface area contributed by atoms with Crippen molar-refractivity contribution in [3.63, 3.8) is 0 Å². The molecule has 7 nitrogen and oxygen atoms in total. The molecule has 1 fully saturated rings. The molecule has 0 aliphatic heterocycles. The van der Waals surface area contributed by atoms with Gasteiger partial charge in [-0.1, -0.05) is 12.1 Å². The summed E-state index contributed by atoms with van der Waals surface area (Å²) < 4.78 is 22.6. The normalized spacial score (nSPS) is 14.0. The molecule has 1 amide bonds. The second-order valence-electron chi connectivity index (χ2n) is 7.20. The van der Waals surface area contributed by atoms with E-state index in [0.29, 0.717) is 12.6 Å². The van der Waals surface area contributed by atoms with Crippen molar-refractivity contribution < 1.29 is 33.1 Å². The number of benzene rings is 2. The summed E-state index contributed by atoms with van der Waals surface area (Å²) >= 11 is 0. The van der Waals surface area contributed by atoms with E-state index in [1.54, 1.807) is 12.1 Å². The molecule has 0 saturated heterocycles. The van der Waals surface area contributed by atoms with Crippen molar-refractivity contribution in [1.82, 2.24) is 0 Å². The van der Waals surface area contributed by atoms with Gasteiger partial charge >= 0.3 is 11.9 Å². The van der Waals surface area contributed by atoms with Crippen molar-refractivity contribution in [3.05, 3.63) is 65.0 Å². The standard InChI is InChI=1S/C22H23FN2O5/c1-29-21(27)15-5-10-18(22(28)30-2)19(11-15)24-20(26)13-25(17-8-9-17)12-14-3-6-16(23)7-4-14/h3-7,10-11,17H,8-9,12-13H2,1-2H3,(H,24,26)/p+1. The molecule has 1 atom stereocenters. The molecule has 158 valence electrons. The molecule has 2 N–H and O–H groups in total. The molecule has 0 aromatic heterocycles. The first-order valence-electron chi connectivity index (χ1n) is 9.60. The Kier molecular flexibility index (Phi) is 6.79. The highest BCUT2D eigenvalue weighted by Gasteiger charge is 2.34. The summed E-state index contributed by atoms with van der Waals surface area (Å²) in [6.07, 6.45) is 2.05. The number of hydrogen-bond acceptors (Lipinski definition) is 5. The van der Waals surface area contributed by atoms with Gasteiger partial charge in [0.05, 0.1) is 37.1 Å². The van der Waals surface area contributed by atoms with Crippen LogP contribution < -0.4 is 10.2 Å². The number of ether oxygens (including phenoxy) is 2. The molecule has 8 heteroatoms. The van der Waals surface area contributed by atoms with E-state index in [2.05, 4.69) is 5.32 Å². The predicted molar refractivity (Wildman–Crippen MR) is 107 cm³/mol. The Balaban J connectivity index is 1.75. The lowest BCUT2D eigenvalue weighted by molar-refractivity contribution is -0.916. The minimum atomic E-state index is -0.626. The molecule has 0 heterocycles. The Bertz CT molecular complexity index is 941. The second kappa shape index (κ2) is 9.49. The molecule has 0 radical (unpaired) electrons. The first-order valence-corrected chi connectivity index (χ1v) is 9.60. The SMILES string of the molecule is COC(=O)c1ccc(C(=O)OC)c(NC(=O)C[NH+](Cc2ccc(F)cc2)C2CC2)c1. The van der Waals surface area contributed by atoms with Gasteiger partial charge in [-0.15, -0.1) is 0 Å². The van der Waals surface area contributed by atoms with Crippen molar-refractivity contribution in [2.45, 2.75) is 25.4 Å². The van der Waals surface area contributed by atoms with Crippen LogP contribution in [0.15, 0.2) is 42.5 Å². The molecule has 30 heavy (non-hydrogen) atoms. The van der Waals surface area contributed by atoms with Gasteiger partial charge in [-0.25, -0.2) is 14.0 Å². The number of hydrogen-bond donors (Lipinski definition) is 2. The zero-order chi connectivity index (χ0) is 21.7. The maximum Gasteiger partial charge on any atom is 0.339 e. The van der Waals surface area contributed by atoms with E-state index in [9.17, 15) is 18.8 Å². The highest BCUT2D eigenvalue weighted by molar-refractivity contribution is 6.03. The first kappa shape index (κ1) is 21.4. The quantitative estimate of drug-likeness (QED) is 0.640. The molecule has 1 aliphatic rings. The van der Waals surface area contributed by atoms with Gasteiger partial charge in [0, 0.05) is 18.4 Å². The van der Waals surface area contributed by atoms with Gasteiger partial charge in [0.15, 0.2) is 6.54 Å². The Morgan fingerprint density at radius 1 is 1.03 bits per heavy atom. The lowest BCUT2D eigenvalue weighted by Gasteiger charge is -2.19. The van der Waals surface area contributed by atoms with Crippen molar-refractivity contribution in [1.29, 1.82) is 0 Å². The van der Waals surface area contributed by atoms with Crippen LogP contribution in [0.25, 0.3) is 0 Å². The van der Waals surface area contributed by atoms with Gasteiger partial charge in [0.1, 0.15) is 12.4 Å². The highest BCUT2D eigenvalue weighted by atomic mass is 19.1. The van der Waals surface area contributed by atoms with Gasteiger partial charge < -0.3 is 19.7 Å². The Hall–Kier alpha value is -3.26. The maximum atomic E-state index is 13.2. The smallest absolute Gasteiger partial charge is 0.339 e. The minimum absolute atomic E-state index is 0.144. The summed E-state index contributed by atoms with van der Waals surface area (Å²) in [5, 5.41) is 2.72. The van der Waals surface area contributed by atoms with Crippen molar-refractivity contribution in [2.75, 3.05) is 26.1 Å². The van der Waals surface area contributed by atoms with Gasteiger partial charge in [-0.2, -0.15) is 0 Å². The lowest BCUT2D eigenvalue weighted by Crippen LogP contribution is -3.13. The number of rotatable bonds is 8. The molecule has 1 unspecified atom stereocenters. The van der Waals surface area contributed by atoms with E-state index < -0.39 is 11.9 Å². The average molecular weight is 415 g/mol. The molecular formula is C22H24FN2O5+. The number of amides is 1. The summed E-state index contributed by atoms with van der Waals surface area (Å²) in [7, 11) is 2.49. The highest BCUT2D eigenvalue weighted by Crippen LogP contribution is 2.20. The molecule has 1 aliphatic carbocycles. The number of nitrogens with one attached hydrogen (secondary N) is 2. The van der Waals surface area contributed by atoms with Gasteiger partial charge in [0.25, 0.3) is 5.91 Å². The summed E-state index contributed by atoms with van der Waals surface area (Å²) in [6.45, 7) is 0.759. The predicted octanol–water partition coefficient (Wildman–Crippen LogP) is 1.58. The Labute approximate surface area is 173 Å². The molecule has 2 aromatic rings.